The third-order valence-corrected chi connectivity index (χ3v) is 3.81. The molecular weight excluding hydrogens is 258 g/mol. The highest BCUT2D eigenvalue weighted by Gasteiger charge is 2.06. The lowest BCUT2D eigenvalue weighted by molar-refractivity contribution is 1.48. The first-order valence-electron chi connectivity index (χ1n) is 6.93. The van der Waals surface area contributed by atoms with Crippen molar-refractivity contribution in [2.24, 2.45) is 0 Å². The van der Waals surface area contributed by atoms with Gasteiger partial charge in [-0.25, -0.2) is 0 Å². The zero-order valence-electron chi connectivity index (χ0n) is 11.3. The van der Waals surface area contributed by atoms with Crippen LogP contribution in [-0.4, -0.2) is 4.98 Å². The number of pyridine rings is 1. The molecule has 1 aromatic heterocycles. The van der Waals surface area contributed by atoms with E-state index in [1.807, 2.05) is 60.7 Å². The van der Waals surface area contributed by atoms with Gasteiger partial charge in [0.1, 0.15) is 0 Å². The number of H-pyrrole nitrogens is 1. The number of fused-ring (bicyclic) bond motifs is 2. The van der Waals surface area contributed by atoms with E-state index in [-0.39, 0.29) is 5.43 Å². The van der Waals surface area contributed by atoms with Gasteiger partial charge in [0.15, 0.2) is 5.43 Å². The van der Waals surface area contributed by atoms with Gasteiger partial charge in [-0.3, -0.25) is 4.79 Å². The molecule has 0 saturated heterocycles. The van der Waals surface area contributed by atoms with E-state index in [9.17, 15) is 4.79 Å². The van der Waals surface area contributed by atoms with Crippen LogP contribution in [0.3, 0.4) is 0 Å². The predicted octanol–water partition coefficient (Wildman–Crippen LogP) is 4.35. The standard InChI is InChI=1S/C19H13NO/c21-19-15-8-4-5-9-17(15)20-18-12-14(10-11-16(18)19)13-6-2-1-3-7-13/h1-12H,(H,20,21). The van der Waals surface area contributed by atoms with E-state index in [1.54, 1.807) is 0 Å². The van der Waals surface area contributed by atoms with Crippen molar-refractivity contribution in [2.75, 3.05) is 0 Å². The Labute approximate surface area is 121 Å². The van der Waals surface area contributed by atoms with Crippen molar-refractivity contribution >= 4 is 21.8 Å². The second-order valence-corrected chi connectivity index (χ2v) is 5.13. The van der Waals surface area contributed by atoms with Gasteiger partial charge in [-0.15, -0.1) is 0 Å². The summed E-state index contributed by atoms with van der Waals surface area (Å²) in [6.07, 6.45) is 0. The highest BCUT2D eigenvalue weighted by Crippen LogP contribution is 2.23. The summed E-state index contributed by atoms with van der Waals surface area (Å²) in [4.78, 5) is 15.9. The molecule has 2 nitrogen and oxygen atoms in total. The van der Waals surface area contributed by atoms with Gasteiger partial charge in [0.25, 0.3) is 0 Å². The van der Waals surface area contributed by atoms with Gasteiger partial charge >= 0.3 is 0 Å². The quantitative estimate of drug-likeness (QED) is 0.513. The first kappa shape index (κ1) is 11.9. The smallest absolute Gasteiger partial charge is 0.197 e. The van der Waals surface area contributed by atoms with Crippen LogP contribution < -0.4 is 5.43 Å². The van der Waals surface area contributed by atoms with Crippen molar-refractivity contribution in [3.63, 3.8) is 0 Å². The average molecular weight is 271 g/mol. The van der Waals surface area contributed by atoms with Crippen molar-refractivity contribution in [2.45, 2.75) is 0 Å². The highest BCUT2D eigenvalue weighted by molar-refractivity contribution is 5.94. The average Bonchev–Trinajstić information content (AvgIpc) is 2.55. The molecule has 21 heavy (non-hydrogen) atoms. The molecule has 4 rings (SSSR count). The van der Waals surface area contributed by atoms with E-state index in [0.29, 0.717) is 0 Å². The Morgan fingerprint density at radius 1 is 0.619 bits per heavy atom. The molecule has 0 amide bonds. The lowest BCUT2D eigenvalue weighted by Crippen LogP contribution is -2.03. The molecular formula is C19H13NO. The van der Waals surface area contributed by atoms with Crippen LogP contribution in [0, 0.1) is 0 Å². The SMILES string of the molecule is O=c1c2ccccc2[nH]c2cc(-c3ccccc3)ccc12. The summed E-state index contributed by atoms with van der Waals surface area (Å²) in [5.74, 6) is 0. The van der Waals surface area contributed by atoms with E-state index >= 15 is 0 Å². The number of hydrogen-bond acceptors (Lipinski definition) is 1. The summed E-state index contributed by atoms with van der Waals surface area (Å²) in [6, 6.07) is 23.7. The first-order chi connectivity index (χ1) is 10.3. The number of hydrogen-bond donors (Lipinski definition) is 1. The Kier molecular flexibility index (Phi) is 2.61. The van der Waals surface area contributed by atoms with Gasteiger partial charge in [-0.1, -0.05) is 48.5 Å². The Morgan fingerprint density at radius 3 is 2.19 bits per heavy atom. The van der Waals surface area contributed by atoms with Gasteiger partial charge in [0.2, 0.25) is 0 Å². The van der Waals surface area contributed by atoms with E-state index < -0.39 is 0 Å². The fraction of sp³-hybridized carbons (Fsp3) is 0. The Balaban J connectivity index is 2.04. The number of nitrogens with one attached hydrogen (secondary N) is 1. The number of benzene rings is 3. The summed E-state index contributed by atoms with van der Waals surface area (Å²) < 4.78 is 0. The summed E-state index contributed by atoms with van der Waals surface area (Å²) in [7, 11) is 0. The molecule has 1 N–H and O–H groups in total. The maximum absolute atomic E-state index is 12.5. The monoisotopic (exact) mass is 271 g/mol. The molecule has 3 aromatic carbocycles. The van der Waals surface area contributed by atoms with E-state index in [4.69, 9.17) is 0 Å². The third-order valence-electron chi connectivity index (χ3n) is 3.81. The van der Waals surface area contributed by atoms with Crippen molar-refractivity contribution in [3.05, 3.63) is 83.0 Å². The van der Waals surface area contributed by atoms with Crippen molar-refractivity contribution in [1.82, 2.24) is 4.98 Å². The van der Waals surface area contributed by atoms with Crippen LogP contribution in [0.15, 0.2) is 77.6 Å². The number of aromatic nitrogens is 1. The molecule has 0 fully saturated rings. The molecule has 0 aliphatic heterocycles. The Morgan fingerprint density at radius 2 is 1.33 bits per heavy atom. The van der Waals surface area contributed by atoms with Gasteiger partial charge in [0.05, 0.1) is 5.52 Å². The number of para-hydroxylation sites is 1. The molecule has 2 heteroatoms. The van der Waals surface area contributed by atoms with E-state index in [2.05, 4.69) is 17.1 Å². The summed E-state index contributed by atoms with van der Waals surface area (Å²) >= 11 is 0. The molecule has 0 bridgehead atoms. The molecule has 0 saturated carbocycles. The van der Waals surface area contributed by atoms with Crippen LogP contribution in [0.25, 0.3) is 32.9 Å². The summed E-state index contributed by atoms with van der Waals surface area (Å²) in [5, 5.41) is 1.46. The topological polar surface area (TPSA) is 32.9 Å². The number of rotatable bonds is 1. The maximum atomic E-state index is 12.5. The number of aromatic amines is 1. The second-order valence-electron chi connectivity index (χ2n) is 5.13. The lowest BCUT2D eigenvalue weighted by atomic mass is 10.0. The minimum atomic E-state index is 0.0824. The summed E-state index contributed by atoms with van der Waals surface area (Å²) in [5.41, 5.74) is 4.08. The van der Waals surface area contributed by atoms with Crippen molar-refractivity contribution in [3.8, 4) is 11.1 Å². The minimum Gasteiger partial charge on any atom is -0.354 e. The van der Waals surface area contributed by atoms with Crippen LogP contribution in [0.5, 0.6) is 0 Å². The van der Waals surface area contributed by atoms with Gasteiger partial charge in [0, 0.05) is 16.3 Å². The van der Waals surface area contributed by atoms with Crippen LogP contribution in [0.2, 0.25) is 0 Å². The Hall–Kier alpha value is -2.87. The maximum Gasteiger partial charge on any atom is 0.197 e. The van der Waals surface area contributed by atoms with Gasteiger partial charge in [-0.05, 0) is 35.4 Å². The second kappa shape index (κ2) is 4.60. The van der Waals surface area contributed by atoms with E-state index in [0.717, 1.165) is 32.9 Å². The fourth-order valence-electron chi connectivity index (χ4n) is 2.74. The van der Waals surface area contributed by atoms with Gasteiger partial charge < -0.3 is 4.98 Å². The highest BCUT2D eigenvalue weighted by atomic mass is 16.1. The van der Waals surface area contributed by atoms with Crippen LogP contribution in [0.4, 0.5) is 0 Å². The van der Waals surface area contributed by atoms with Crippen LogP contribution in [0.1, 0.15) is 0 Å². The minimum absolute atomic E-state index is 0.0824. The van der Waals surface area contributed by atoms with E-state index in [1.165, 1.54) is 0 Å². The largest absolute Gasteiger partial charge is 0.354 e. The zero-order chi connectivity index (χ0) is 14.2. The molecule has 4 aromatic rings. The normalized spacial score (nSPS) is 11.0. The first-order valence-corrected chi connectivity index (χ1v) is 6.93. The predicted molar refractivity (Wildman–Crippen MR) is 87.5 cm³/mol. The lowest BCUT2D eigenvalue weighted by Gasteiger charge is -2.06. The Bertz CT molecular complexity index is 1000. The van der Waals surface area contributed by atoms with Gasteiger partial charge in [-0.2, -0.15) is 0 Å². The molecule has 0 radical (unpaired) electrons. The van der Waals surface area contributed by atoms with Crippen LogP contribution in [-0.2, 0) is 0 Å². The fourth-order valence-corrected chi connectivity index (χ4v) is 2.74. The summed E-state index contributed by atoms with van der Waals surface area (Å²) in [6.45, 7) is 0. The molecule has 0 atom stereocenters. The van der Waals surface area contributed by atoms with Crippen molar-refractivity contribution in [1.29, 1.82) is 0 Å². The molecule has 1 heterocycles. The van der Waals surface area contributed by atoms with Crippen LogP contribution >= 0.6 is 0 Å². The molecule has 0 aliphatic carbocycles. The van der Waals surface area contributed by atoms with Crippen molar-refractivity contribution < 1.29 is 0 Å². The third kappa shape index (κ3) is 1.93. The molecule has 0 unspecified atom stereocenters. The zero-order valence-corrected chi connectivity index (χ0v) is 11.3. The molecule has 100 valence electrons. The molecule has 0 aliphatic rings. The molecule has 0 spiro atoms.